The van der Waals surface area contributed by atoms with E-state index in [1.54, 1.807) is 6.07 Å². The Morgan fingerprint density at radius 2 is 1.80 bits per heavy atom. The summed E-state index contributed by atoms with van der Waals surface area (Å²) in [6.07, 6.45) is 0. The maximum atomic E-state index is 6.06. The molecular weight excluding hydrogens is 254 g/mol. The standard InChI is InChI=1S/C10H14Cl2N2.ClH/c1-10(2,3)8(13)6-4-5-7(11)14-9(6)12;/h4-5,8H,13H2,1-3H3;1H/t8-;/m1./s1. The number of nitrogens with two attached hydrogens (primary N) is 1. The van der Waals surface area contributed by atoms with Crippen LogP contribution in [-0.4, -0.2) is 4.98 Å². The van der Waals surface area contributed by atoms with E-state index >= 15 is 0 Å². The summed E-state index contributed by atoms with van der Waals surface area (Å²) in [6.45, 7) is 6.17. The lowest BCUT2D eigenvalue weighted by Crippen LogP contribution is -2.26. The molecule has 86 valence electrons. The molecule has 1 atom stereocenters. The van der Waals surface area contributed by atoms with Crippen LogP contribution in [0.3, 0.4) is 0 Å². The van der Waals surface area contributed by atoms with E-state index in [9.17, 15) is 0 Å². The molecule has 0 aliphatic carbocycles. The first kappa shape index (κ1) is 15.0. The summed E-state index contributed by atoms with van der Waals surface area (Å²) in [6, 6.07) is 3.39. The first-order valence-corrected chi connectivity index (χ1v) is 5.15. The second kappa shape index (κ2) is 5.35. The average molecular weight is 270 g/mol. The maximum absolute atomic E-state index is 6.06. The molecule has 0 fully saturated rings. The fourth-order valence-electron chi connectivity index (χ4n) is 1.12. The van der Waals surface area contributed by atoms with Gasteiger partial charge < -0.3 is 5.73 Å². The monoisotopic (exact) mass is 268 g/mol. The summed E-state index contributed by atoms with van der Waals surface area (Å²) in [5.74, 6) is 0. The van der Waals surface area contributed by atoms with Crippen LogP contribution >= 0.6 is 35.6 Å². The highest BCUT2D eigenvalue weighted by Gasteiger charge is 2.24. The lowest BCUT2D eigenvalue weighted by molar-refractivity contribution is 0.326. The van der Waals surface area contributed by atoms with Crippen LogP contribution in [0.4, 0.5) is 0 Å². The summed E-state index contributed by atoms with van der Waals surface area (Å²) in [7, 11) is 0. The Bertz CT molecular complexity index is 334. The number of halogens is 3. The van der Waals surface area contributed by atoms with Gasteiger partial charge in [0, 0.05) is 11.6 Å². The molecule has 1 heterocycles. The Kier molecular flexibility index (Phi) is 5.34. The summed E-state index contributed by atoms with van der Waals surface area (Å²) in [5.41, 5.74) is 6.85. The van der Waals surface area contributed by atoms with Crippen molar-refractivity contribution in [1.29, 1.82) is 0 Å². The molecule has 0 radical (unpaired) electrons. The Morgan fingerprint density at radius 1 is 1.27 bits per heavy atom. The van der Waals surface area contributed by atoms with Crippen molar-refractivity contribution >= 4 is 35.6 Å². The van der Waals surface area contributed by atoms with Crippen LogP contribution in [0.25, 0.3) is 0 Å². The smallest absolute Gasteiger partial charge is 0.135 e. The van der Waals surface area contributed by atoms with Gasteiger partial charge in [0.05, 0.1) is 0 Å². The molecular formula is C10H15Cl3N2. The van der Waals surface area contributed by atoms with Crippen molar-refractivity contribution in [2.24, 2.45) is 11.1 Å². The third-order valence-corrected chi connectivity index (χ3v) is 2.62. The zero-order valence-electron chi connectivity index (χ0n) is 8.92. The third-order valence-electron chi connectivity index (χ3n) is 2.11. The van der Waals surface area contributed by atoms with Crippen LogP contribution in [0.2, 0.25) is 10.3 Å². The number of nitrogens with zero attached hydrogens (tertiary/aromatic N) is 1. The van der Waals surface area contributed by atoms with Gasteiger partial charge in [-0.2, -0.15) is 0 Å². The van der Waals surface area contributed by atoms with Crippen LogP contribution in [-0.2, 0) is 0 Å². The number of pyridine rings is 1. The molecule has 2 N–H and O–H groups in total. The van der Waals surface area contributed by atoms with Crippen molar-refractivity contribution in [3.63, 3.8) is 0 Å². The number of hydrogen-bond donors (Lipinski definition) is 1. The second-order valence-electron chi connectivity index (χ2n) is 4.36. The minimum atomic E-state index is -0.139. The Balaban J connectivity index is 0.00000196. The molecule has 15 heavy (non-hydrogen) atoms. The van der Waals surface area contributed by atoms with Crippen LogP contribution in [0, 0.1) is 5.41 Å². The summed E-state index contributed by atoms with van der Waals surface area (Å²) in [5, 5.41) is 0.778. The van der Waals surface area contributed by atoms with E-state index in [2.05, 4.69) is 25.8 Å². The summed E-state index contributed by atoms with van der Waals surface area (Å²) in [4.78, 5) is 3.96. The molecule has 2 nitrogen and oxygen atoms in total. The van der Waals surface area contributed by atoms with E-state index < -0.39 is 0 Å². The van der Waals surface area contributed by atoms with Crippen molar-refractivity contribution in [3.05, 3.63) is 28.0 Å². The number of aromatic nitrogens is 1. The molecule has 0 saturated heterocycles. The van der Waals surface area contributed by atoms with Crippen molar-refractivity contribution in [1.82, 2.24) is 4.98 Å². The zero-order chi connectivity index (χ0) is 10.9. The molecule has 1 rings (SSSR count). The van der Waals surface area contributed by atoms with Gasteiger partial charge in [-0.1, -0.05) is 50.0 Å². The van der Waals surface area contributed by atoms with Crippen molar-refractivity contribution < 1.29 is 0 Å². The second-order valence-corrected chi connectivity index (χ2v) is 5.10. The molecule has 1 aromatic heterocycles. The number of hydrogen-bond acceptors (Lipinski definition) is 2. The molecule has 0 aromatic carbocycles. The predicted molar refractivity (Wildman–Crippen MR) is 67.9 cm³/mol. The molecule has 5 heteroatoms. The Hall–Kier alpha value is -0.0200. The van der Waals surface area contributed by atoms with Gasteiger partial charge in [-0.3, -0.25) is 0 Å². The summed E-state index contributed by atoms with van der Waals surface area (Å²) >= 11 is 11.7. The van der Waals surface area contributed by atoms with E-state index in [-0.39, 0.29) is 23.9 Å². The average Bonchev–Trinajstić information content (AvgIpc) is 2.01. The summed E-state index contributed by atoms with van der Waals surface area (Å²) < 4.78 is 0. The van der Waals surface area contributed by atoms with Gasteiger partial charge in [0.25, 0.3) is 0 Å². The molecule has 0 aliphatic heterocycles. The highest BCUT2D eigenvalue weighted by Crippen LogP contribution is 2.33. The van der Waals surface area contributed by atoms with E-state index in [4.69, 9.17) is 28.9 Å². The van der Waals surface area contributed by atoms with Crippen molar-refractivity contribution in [3.8, 4) is 0 Å². The van der Waals surface area contributed by atoms with Crippen LogP contribution in [0.15, 0.2) is 12.1 Å². The van der Waals surface area contributed by atoms with Gasteiger partial charge in [-0.25, -0.2) is 4.98 Å². The third kappa shape index (κ3) is 3.80. The largest absolute Gasteiger partial charge is 0.323 e. The van der Waals surface area contributed by atoms with Crippen molar-refractivity contribution in [2.75, 3.05) is 0 Å². The van der Waals surface area contributed by atoms with Crippen LogP contribution in [0.1, 0.15) is 32.4 Å². The SMILES string of the molecule is CC(C)(C)[C@H](N)c1ccc(Cl)nc1Cl.Cl. The van der Waals surface area contributed by atoms with Crippen LogP contribution in [0.5, 0.6) is 0 Å². The quantitative estimate of drug-likeness (QED) is 0.786. The number of rotatable bonds is 1. The highest BCUT2D eigenvalue weighted by atomic mass is 35.5. The zero-order valence-corrected chi connectivity index (χ0v) is 11.2. The topological polar surface area (TPSA) is 38.9 Å². The Morgan fingerprint density at radius 3 is 2.20 bits per heavy atom. The molecule has 0 bridgehead atoms. The molecule has 0 spiro atoms. The first-order chi connectivity index (χ1) is 6.32. The first-order valence-electron chi connectivity index (χ1n) is 4.40. The molecule has 0 unspecified atom stereocenters. The molecule has 0 aliphatic rings. The van der Waals surface area contributed by atoms with Crippen LogP contribution < -0.4 is 5.73 Å². The van der Waals surface area contributed by atoms with Gasteiger partial charge >= 0.3 is 0 Å². The fourth-order valence-corrected chi connectivity index (χ4v) is 1.58. The minimum absolute atomic E-state index is 0. The highest BCUT2D eigenvalue weighted by molar-refractivity contribution is 6.32. The van der Waals surface area contributed by atoms with Gasteiger partial charge in [-0.05, 0) is 11.5 Å². The van der Waals surface area contributed by atoms with Crippen molar-refractivity contribution in [2.45, 2.75) is 26.8 Å². The Labute approximate surface area is 107 Å². The predicted octanol–water partition coefficient (Wildman–Crippen LogP) is 3.86. The lowest BCUT2D eigenvalue weighted by atomic mass is 9.84. The van der Waals surface area contributed by atoms with E-state index in [1.807, 2.05) is 6.07 Å². The molecule has 0 saturated carbocycles. The fraction of sp³-hybridized carbons (Fsp3) is 0.500. The molecule has 1 aromatic rings. The minimum Gasteiger partial charge on any atom is -0.323 e. The van der Waals surface area contributed by atoms with E-state index in [0.717, 1.165) is 5.56 Å². The lowest BCUT2D eigenvalue weighted by Gasteiger charge is -2.27. The van der Waals surface area contributed by atoms with Gasteiger partial charge in [0.2, 0.25) is 0 Å². The van der Waals surface area contributed by atoms with E-state index in [0.29, 0.717) is 10.3 Å². The van der Waals surface area contributed by atoms with Gasteiger partial charge in [0.1, 0.15) is 10.3 Å². The van der Waals surface area contributed by atoms with Gasteiger partial charge in [0.15, 0.2) is 0 Å². The normalized spacial score (nSPS) is 13.2. The van der Waals surface area contributed by atoms with E-state index in [1.165, 1.54) is 0 Å². The molecule has 0 amide bonds. The maximum Gasteiger partial charge on any atom is 0.135 e. The van der Waals surface area contributed by atoms with Gasteiger partial charge in [-0.15, -0.1) is 12.4 Å².